The second-order valence-corrected chi connectivity index (χ2v) is 4.75. The first kappa shape index (κ1) is 11.4. The molecule has 2 unspecified atom stereocenters. The van der Waals surface area contributed by atoms with E-state index in [9.17, 15) is 0 Å². The van der Waals surface area contributed by atoms with Crippen molar-refractivity contribution in [3.8, 4) is 0 Å². The van der Waals surface area contributed by atoms with Crippen LogP contribution in [0.1, 0.15) is 39.5 Å². The molecule has 2 rings (SSSR count). The first-order valence-electron chi connectivity index (χ1n) is 6.29. The van der Waals surface area contributed by atoms with Gasteiger partial charge in [-0.2, -0.15) is 0 Å². The van der Waals surface area contributed by atoms with Crippen molar-refractivity contribution in [2.45, 2.75) is 63.8 Å². The minimum Gasteiger partial charge on any atom is -0.378 e. The fraction of sp³-hybridized carbons (Fsp3) is 1.00. The lowest BCUT2D eigenvalue weighted by atomic mass is 9.88. The Hall–Kier alpha value is -0.120. The Morgan fingerprint density at radius 1 is 1.47 bits per heavy atom. The molecule has 2 aliphatic rings. The topological polar surface area (TPSA) is 30.5 Å². The molecule has 1 saturated heterocycles. The van der Waals surface area contributed by atoms with Gasteiger partial charge in [-0.15, -0.1) is 0 Å². The van der Waals surface area contributed by atoms with Gasteiger partial charge in [0.05, 0.1) is 12.2 Å². The van der Waals surface area contributed by atoms with Crippen molar-refractivity contribution in [2.75, 3.05) is 13.2 Å². The van der Waals surface area contributed by atoms with Gasteiger partial charge in [0.1, 0.15) is 0 Å². The number of ether oxygens (including phenoxy) is 2. The summed E-state index contributed by atoms with van der Waals surface area (Å²) < 4.78 is 11.2. The molecule has 0 aromatic rings. The molecule has 1 aliphatic heterocycles. The van der Waals surface area contributed by atoms with Gasteiger partial charge < -0.3 is 14.8 Å². The van der Waals surface area contributed by atoms with Gasteiger partial charge in [-0.25, -0.2) is 0 Å². The highest BCUT2D eigenvalue weighted by molar-refractivity contribution is 4.89. The highest BCUT2D eigenvalue weighted by atomic mass is 16.5. The maximum Gasteiger partial charge on any atom is 0.0726 e. The van der Waals surface area contributed by atoms with Crippen LogP contribution in [0.2, 0.25) is 0 Å². The third kappa shape index (κ3) is 2.92. The SMILES string of the molecule is CCOC1CC(NC(C)C2CCCO2)C1. The summed E-state index contributed by atoms with van der Waals surface area (Å²) in [6, 6.07) is 1.15. The number of rotatable bonds is 5. The summed E-state index contributed by atoms with van der Waals surface area (Å²) in [6.07, 6.45) is 5.73. The van der Waals surface area contributed by atoms with Gasteiger partial charge in [0.15, 0.2) is 0 Å². The predicted octanol–water partition coefficient (Wildman–Crippen LogP) is 1.71. The zero-order valence-corrected chi connectivity index (χ0v) is 9.87. The third-order valence-corrected chi connectivity index (χ3v) is 3.52. The Morgan fingerprint density at radius 3 is 2.87 bits per heavy atom. The molecule has 3 heteroatoms. The highest BCUT2D eigenvalue weighted by Crippen LogP contribution is 2.25. The van der Waals surface area contributed by atoms with Crippen LogP contribution in [0.3, 0.4) is 0 Å². The predicted molar refractivity (Wildman–Crippen MR) is 60.0 cm³/mol. The average Bonchev–Trinajstić information content (AvgIpc) is 2.67. The van der Waals surface area contributed by atoms with Gasteiger partial charge in [-0.3, -0.25) is 0 Å². The van der Waals surface area contributed by atoms with Crippen LogP contribution in [0.15, 0.2) is 0 Å². The van der Waals surface area contributed by atoms with E-state index in [4.69, 9.17) is 9.47 Å². The fourth-order valence-electron chi connectivity index (χ4n) is 2.55. The number of hydrogen-bond acceptors (Lipinski definition) is 3. The van der Waals surface area contributed by atoms with Crippen molar-refractivity contribution in [1.82, 2.24) is 5.32 Å². The second-order valence-electron chi connectivity index (χ2n) is 4.75. The summed E-state index contributed by atoms with van der Waals surface area (Å²) in [6.45, 7) is 6.10. The van der Waals surface area contributed by atoms with Crippen molar-refractivity contribution in [1.29, 1.82) is 0 Å². The molecule has 0 aromatic carbocycles. The van der Waals surface area contributed by atoms with E-state index in [1.54, 1.807) is 0 Å². The molecule has 15 heavy (non-hydrogen) atoms. The van der Waals surface area contributed by atoms with Crippen molar-refractivity contribution >= 4 is 0 Å². The van der Waals surface area contributed by atoms with Gasteiger partial charge in [-0.1, -0.05) is 0 Å². The van der Waals surface area contributed by atoms with Gasteiger partial charge in [-0.05, 0) is 39.5 Å². The Kier molecular flexibility index (Phi) is 4.00. The quantitative estimate of drug-likeness (QED) is 0.754. The molecular formula is C12H23NO2. The first-order valence-corrected chi connectivity index (χ1v) is 6.29. The lowest BCUT2D eigenvalue weighted by Crippen LogP contribution is -2.51. The maximum absolute atomic E-state index is 5.66. The van der Waals surface area contributed by atoms with E-state index in [1.165, 1.54) is 25.7 Å². The number of nitrogens with one attached hydrogen (secondary N) is 1. The summed E-state index contributed by atoms with van der Waals surface area (Å²) in [7, 11) is 0. The van der Waals surface area contributed by atoms with Crippen molar-refractivity contribution in [3.05, 3.63) is 0 Å². The van der Waals surface area contributed by atoms with E-state index >= 15 is 0 Å². The second kappa shape index (κ2) is 5.28. The van der Waals surface area contributed by atoms with Crippen LogP contribution in [-0.2, 0) is 9.47 Å². The smallest absolute Gasteiger partial charge is 0.0726 e. The van der Waals surface area contributed by atoms with Crippen molar-refractivity contribution < 1.29 is 9.47 Å². The van der Waals surface area contributed by atoms with Crippen molar-refractivity contribution in [2.24, 2.45) is 0 Å². The molecule has 1 aliphatic carbocycles. The summed E-state index contributed by atoms with van der Waals surface area (Å²) in [4.78, 5) is 0. The average molecular weight is 213 g/mol. The lowest BCUT2D eigenvalue weighted by molar-refractivity contribution is -0.0183. The Bertz CT molecular complexity index is 186. The van der Waals surface area contributed by atoms with Gasteiger partial charge in [0.2, 0.25) is 0 Å². The molecule has 88 valence electrons. The Morgan fingerprint density at radius 2 is 2.27 bits per heavy atom. The van der Waals surface area contributed by atoms with Gasteiger partial charge >= 0.3 is 0 Å². The van der Waals surface area contributed by atoms with E-state index in [1.807, 2.05) is 0 Å². The fourth-order valence-corrected chi connectivity index (χ4v) is 2.55. The van der Waals surface area contributed by atoms with Crippen LogP contribution in [0.4, 0.5) is 0 Å². The van der Waals surface area contributed by atoms with E-state index < -0.39 is 0 Å². The molecule has 1 N–H and O–H groups in total. The maximum atomic E-state index is 5.66. The normalized spacial score (nSPS) is 37.6. The minimum absolute atomic E-state index is 0.441. The monoisotopic (exact) mass is 213 g/mol. The van der Waals surface area contributed by atoms with E-state index in [-0.39, 0.29) is 0 Å². The van der Waals surface area contributed by atoms with Crippen LogP contribution in [0.25, 0.3) is 0 Å². The summed E-state index contributed by atoms with van der Waals surface area (Å²) in [5, 5.41) is 3.64. The highest BCUT2D eigenvalue weighted by Gasteiger charge is 2.32. The minimum atomic E-state index is 0.441. The van der Waals surface area contributed by atoms with E-state index in [0.717, 1.165) is 13.2 Å². The molecule has 0 aromatic heterocycles. The largest absolute Gasteiger partial charge is 0.378 e. The molecule has 1 heterocycles. The summed E-state index contributed by atoms with van der Waals surface area (Å²) in [5.74, 6) is 0. The van der Waals surface area contributed by atoms with Gasteiger partial charge in [0, 0.05) is 25.3 Å². The number of hydrogen-bond donors (Lipinski definition) is 1. The molecule has 2 fully saturated rings. The zero-order valence-electron chi connectivity index (χ0n) is 9.87. The van der Waals surface area contributed by atoms with Crippen LogP contribution >= 0.6 is 0 Å². The lowest BCUT2D eigenvalue weighted by Gasteiger charge is -2.38. The van der Waals surface area contributed by atoms with Crippen LogP contribution in [0, 0.1) is 0 Å². The third-order valence-electron chi connectivity index (χ3n) is 3.52. The first-order chi connectivity index (χ1) is 7.29. The molecule has 0 bridgehead atoms. The standard InChI is InChI=1S/C12H23NO2/c1-3-14-11-7-10(8-11)13-9(2)12-5-4-6-15-12/h9-13H,3-8H2,1-2H3. The molecule has 0 spiro atoms. The molecular weight excluding hydrogens is 190 g/mol. The van der Waals surface area contributed by atoms with Crippen LogP contribution in [-0.4, -0.2) is 37.5 Å². The zero-order chi connectivity index (χ0) is 10.7. The molecule has 3 nitrogen and oxygen atoms in total. The van der Waals surface area contributed by atoms with E-state index in [2.05, 4.69) is 19.2 Å². The van der Waals surface area contributed by atoms with Crippen molar-refractivity contribution in [3.63, 3.8) is 0 Å². The van der Waals surface area contributed by atoms with E-state index in [0.29, 0.717) is 24.3 Å². The summed E-state index contributed by atoms with van der Waals surface area (Å²) >= 11 is 0. The molecule has 0 amide bonds. The Balaban J connectivity index is 1.61. The Labute approximate surface area is 92.5 Å². The van der Waals surface area contributed by atoms with Crippen LogP contribution < -0.4 is 5.32 Å². The summed E-state index contributed by atoms with van der Waals surface area (Å²) in [5.41, 5.74) is 0. The van der Waals surface area contributed by atoms with Crippen LogP contribution in [0.5, 0.6) is 0 Å². The van der Waals surface area contributed by atoms with Gasteiger partial charge in [0.25, 0.3) is 0 Å². The molecule has 1 saturated carbocycles. The molecule has 0 radical (unpaired) electrons. The molecule has 2 atom stereocenters.